The zero-order valence-electron chi connectivity index (χ0n) is 11.5. The smallest absolute Gasteiger partial charge is 0.303 e. The molecule has 21 heavy (non-hydrogen) atoms. The first kappa shape index (κ1) is 15.9. The van der Waals surface area contributed by atoms with Crippen LogP contribution >= 0.6 is 0 Å². The van der Waals surface area contributed by atoms with Gasteiger partial charge in [-0.2, -0.15) is 4.31 Å². The average Bonchev–Trinajstić information content (AvgIpc) is 2.45. The number of hydrogen-bond acceptors (Lipinski definition) is 3. The van der Waals surface area contributed by atoms with Crippen molar-refractivity contribution in [3.63, 3.8) is 0 Å². The van der Waals surface area contributed by atoms with Crippen LogP contribution in [0.5, 0.6) is 0 Å². The fourth-order valence-electron chi connectivity index (χ4n) is 2.60. The molecular weight excluding hydrogens is 297 g/mol. The molecule has 0 spiro atoms. The lowest BCUT2D eigenvalue weighted by atomic mass is 9.95. The van der Waals surface area contributed by atoms with Gasteiger partial charge in [0.15, 0.2) is 0 Å². The zero-order chi connectivity index (χ0) is 15.5. The zero-order valence-corrected chi connectivity index (χ0v) is 12.4. The van der Waals surface area contributed by atoms with E-state index in [0.717, 1.165) is 12.5 Å². The van der Waals surface area contributed by atoms with Gasteiger partial charge in [-0.25, -0.2) is 12.8 Å². The normalized spacial score (nSPS) is 20.3. The second-order valence-electron chi connectivity index (χ2n) is 5.23. The summed E-state index contributed by atoms with van der Waals surface area (Å²) in [6.45, 7) is 0.601. The van der Waals surface area contributed by atoms with Gasteiger partial charge in [0.05, 0.1) is 0 Å². The van der Waals surface area contributed by atoms with Crippen LogP contribution < -0.4 is 0 Å². The molecule has 0 unspecified atom stereocenters. The largest absolute Gasteiger partial charge is 0.481 e. The van der Waals surface area contributed by atoms with Gasteiger partial charge in [-0.15, -0.1) is 0 Å². The Hall–Kier alpha value is -1.47. The predicted octanol–water partition coefficient (Wildman–Crippen LogP) is 2.09. The van der Waals surface area contributed by atoms with Crippen LogP contribution in [0.2, 0.25) is 0 Å². The Morgan fingerprint density at radius 3 is 2.76 bits per heavy atom. The third-order valence-corrected chi connectivity index (χ3v) is 5.60. The first-order valence-corrected chi connectivity index (χ1v) is 8.31. The minimum atomic E-state index is -3.85. The second-order valence-corrected chi connectivity index (χ2v) is 7.14. The summed E-state index contributed by atoms with van der Waals surface area (Å²) >= 11 is 0. The molecule has 0 aliphatic carbocycles. The molecule has 5 nitrogen and oxygen atoms in total. The predicted molar refractivity (Wildman–Crippen MR) is 74.8 cm³/mol. The van der Waals surface area contributed by atoms with Crippen molar-refractivity contribution in [2.24, 2.45) is 5.92 Å². The number of carboxylic acids is 1. The molecule has 1 fully saturated rings. The summed E-state index contributed by atoms with van der Waals surface area (Å²) in [4.78, 5) is 10.3. The summed E-state index contributed by atoms with van der Waals surface area (Å²) in [5, 5.41) is 8.70. The monoisotopic (exact) mass is 315 g/mol. The fraction of sp³-hybridized carbons (Fsp3) is 0.500. The highest BCUT2D eigenvalue weighted by molar-refractivity contribution is 7.89. The Morgan fingerprint density at radius 1 is 1.38 bits per heavy atom. The van der Waals surface area contributed by atoms with E-state index in [2.05, 4.69) is 0 Å². The molecule has 1 N–H and O–H groups in total. The minimum absolute atomic E-state index is 0.0106. The minimum Gasteiger partial charge on any atom is -0.481 e. The number of benzene rings is 1. The number of carbonyl (C=O) groups is 1. The van der Waals surface area contributed by atoms with E-state index >= 15 is 0 Å². The number of hydrogen-bond donors (Lipinski definition) is 1. The van der Waals surface area contributed by atoms with Gasteiger partial charge in [0.1, 0.15) is 10.7 Å². The van der Waals surface area contributed by atoms with Crippen LogP contribution in [0.15, 0.2) is 29.2 Å². The SMILES string of the molecule is O=C(O)CC[C@@H]1CCCN(S(=O)(=O)c2ccccc2F)C1. The van der Waals surface area contributed by atoms with E-state index in [1.807, 2.05) is 0 Å². The standard InChI is InChI=1S/C14H18FNO4S/c15-12-5-1-2-6-13(12)21(19,20)16-9-3-4-11(10-16)7-8-14(17)18/h1-2,5-6,11H,3-4,7-10H2,(H,17,18)/t11-/m0/s1. The summed E-state index contributed by atoms with van der Waals surface area (Å²) < 4.78 is 39.9. The van der Waals surface area contributed by atoms with Crippen LogP contribution in [0.25, 0.3) is 0 Å². The first-order valence-electron chi connectivity index (χ1n) is 6.87. The van der Waals surface area contributed by atoms with Crippen molar-refractivity contribution in [2.75, 3.05) is 13.1 Å². The third-order valence-electron chi connectivity index (χ3n) is 3.70. The molecular formula is C14H18FNO4S. The van der Waals surface area contributed by atoms with Crippen LogP contribution in [-0.2, 0) is 14.8 Å². The number of piperidine rings is 1. The van der Waals surface area contributed by atoms with Crippen molar-refractivity contribution in [1.29, 1.82) is 0 Å². The summed E-state index contributed by atoms with van der Waals surface area (Å²) in [7, 11) is -3.85. The summed E-state index contributed by atoms with van der Waals surface area (Å²) in [5.41, 5.74) is 0. The highest BCUT2D eigenvalue weighted by atomic mass is 32.2. The van der Waals surface area contributed by atoms with Gasteiger partial charge in [0, 0.05) is 19.5 Å². The third kappa shape index (κ3) is 3.79. The first-order chi connectivity index (χ1) is 9.91. The molecule has 1 atom stereocenters. The maximum atomic E-state index is 13.7. The van der Waals surface area contributed by atoms with E-state index in [0.29, 0.717) is 19.4 Å². The van der Waals surface area contributed by atoms with E-state index in [1.54, 1.807) is 0 Å². The van der Waals surface area contributed by atoms with Crippen LogP contribution in [-0.4, -0.2) is 36.9 Å². The van der Waals surface area contributed by atoms with Gasteiger partial charge in [-0.3, -0.25) is 4.79 Å². The molecule has 1 aromatic carbocycles. The molecule has 1 heterocycles. The molecule has 0 aromatic heterocycles. The molecule has 2 rings (SSSR count). The molecule has 1 saturated heterocycles. The van der Waals surface area contributed by atoms with E-state index < -0.39 is 21.8 Å². The van der Waals surface area contributed by atoms with Crippen LogP contribution in [0.3, 0.4) is 0 Å². The number of aliphatic carboxylic acids is 1. The Balaban J connectivity index is 2.13. The lowest BCUT2D eigenvalue weighted by Gasteiger charge is -2.31. The Morgan fingerprint density at radius 2 is 2.10 bits per heavy atom. The number of nitrogens with zero attached hydrogens (tertiary/aromatic N) is 1. The highest BCUT2D eigenvalue weighted by Crippen LogP contribution is 2.27. The van der Waals surface area contributed by atoms with Crippen LogP contribution in [0.4, 0.5) is 4.39 Å². The quantitative estimate of drug-likeness (QED) is 0.903. The molecule has 116 valence electrons. The van der Waals surface area contributed by atoms with Gasteiger partial charge >= 0.3 is 5.97 Å². The lowest BCUT2D eigenvalue weighted by molar-refractivity contribution is -0.137. The van der Waals surface area contributed by atoms with Crippen molar-refractivity contribution in [3.05, 3.63) is 30.1 Å². The number of rotatable bonds is 5. The average molecular weight is 315 g/mol. The van der Waals surface area contributed by atoms with E-state index in [4.69, 9.17) is 5.11 Å². The molecule has 1 aliphatic rings. The second kappa shape index (κ2) is 6.53. The Kier molecular flexibility index (Phi) is 4.95. The van der Waals surface area contributed by atoms with Crippen LogP contribution in [0.1, 0.15) is 25.7 Å². The maximum absolute atomic E-state index is 13.7. The number of halogens is 1. The number of sulfonamides is 1. The van der Waals surface area contributed by atoms with Gasteiger partial charge < -0.3 is 5.11 Å². The van der Waals surface area contributed by atoms with Crippen LogP contribution in [0, 0.1) is 11.7 Å². The van der Waals surface area contributed by atoms with E-state index in [9.17, 15) is 17.6 Å². The molecule has 1 aliphatic heterocycles. The van der Waals surface area contributed by atoms with Crippen molar-refractivity contribution in [1.82, 2.24) is 4.31 Å². The molecule has 1 aromatic rings. The van der Waals surface area contributed by atoms with E-state index in [1.165, 1.54) is 22.5 Å². The number of carboxylic acid groups (broad SMARTS) is 1. The van der Waals surface area contributed by atoms with Crippen molar-refractivity contribution < 1.29 is 22.7 Å². The lowest BCUT2D eigenvalue weighted by Crippen LogP contribution is -2.40. The topological polar surface area (TPSA) is 74.7 Å². The molecule has 0 amide bonds. The summed E-state index contributed by atoms with van der Waals surface area (Å²) in [6, 6.07) is 5.31. The Labute approximate surface area is 123 Å². The van der Waals surface area contributed by atoms with E-state index in [-0.39, 0.29) is 23.8 Å². The Bertz CT molecular complexity index is 617. The van der Waals surface area contributed by atoms with Crippen molar-refractivity contribution in [3.8, 4) is 0 Å². The molecule has 0 radical (unpaired) electrons. The van der Waals surface area contributed by atoms with Crippen molar-refractivity contribution in [2.45, 2.75) is 30.6 Å². The summed E-state index contributed by atoms with van der Waals surface area (Å²) in [5.74, 6) is -1.63. The maximum Gasteiger partial charge on any atom is 0.303 e. The highest BCUT2D eigenvalue weighted by Gasteiger charge is 2.31. The molecule has 7 heteroatoms. The summed E-state index contributed by atoms with van der Waals surface area (Å²) in [6.07, 6.45) is 1.94. The van der Waals surface area contributed by atoms with Gasteiger partial charge in [0.2, 0.25) is 10.0 Å². The van der Waals surface area contributed by atoms with Gasteiger partial charge in [-0.05, 0) is 37.3 Å². The van der Waals surface area contributed by atoms with Crippen molar-refractivity contribution >= 4 is 16.0 Å². The van der Waals surface area contributed by atoms with Gasteiger partial charge in [0.25, 0.3) is 0 Å². The fourth-order valence-corrected chi connectivity index (χ4v) is 4.22. The molecule has 0 bridgehead atoms. The van der Waals surface area contributed by atoms with Gasteiger partial charge in [-0.1, -0.05) is 12.1 Å². The molecule has 0 saturated carbocycles.